The van der Waals surface area contributed by atoms with E-state index in [2.05, 4.69) is 39.8 Å². The van der Waals surface area contributed by atoms with Gasteiger partial charge in [-0.2, -0.15) is 4.09 Å². The second kappa shape index (κ2) is 5.50. The largest absolute Gasteiger partial charge is 0.174 e. The predicted molar refractivity (Wildman–Crippen MR) is 60.4 cm³/mol. The molecule has 0 saturated carbocycles. The molecule has 0 N–H and O–H groups in total. The van der Waals surface area contributed by atoms with Crippen LogP contribution >= 0.6 is 11.9 Å². The summed E-state index contributed by atoms with van der Waals surface area (Å²) in [6.45, 7) is 0. The van der Waals surface area contributed by atoms with Crippen LogP contribution in [0, 0.1) is 0 Å². The number of benzene rings is 1. The van der Waals surface area contributed by atoms with E-state index in [1.807, 2.05) is 6.07 Å². The van der Waals surface area contributed by atoms with Gasteiger partial charge in [0.25, 0.3) is 0 Å². The summed E-state index contributed by atoms with van der Waals surface area (Å²) in [5.74, 6) is 1.03. The maximum Gasteiger partial charge on any atom is 0.150 e. The first kappa shape index (κ1) is 10.2. The Hall–Kier alpha value is -1.36. The molecule has 0 atom stereocenters. The van der Waals surface area contributed by atoms with Gasteiger partial charge in [-0.25, -0.2) is 0 Å². The Labute approximate surface area is 92.8 Å². The summed E-state index contributed by atoms with van der Waals surface area (Å²) >= 11 is 1.63. The van der Waals surface area contributed by atoms with Gasteiger partial charge in [-0.1, -0.05) is 30.3 Å². The fraction of sp³-hybridized carbons (Fsp3) is 0.300. The van der Waals surface area contributed by atoms with E-state index < -0.39 is 0 Å². The summed E-state index contributed by atoms with van der Waals surface area (Å²) in [5, 5.41) is 10.9. The Morgan fingerprint density at radius 2 is 2.07 bits per heavy atom. The van der Waals surface area contributed by atoms with E-state index in [0.29, 0.717) is 0 Å². The smallest absolute Gasteiger partial charge is 0.150 e. The molecule has 1 aromatic carbocycles. The van der Waals surface area contributed by atoms with E-state index in [4.69, 9.17) is 0 Å². The quantitative estimate of drug-likeness (QED) is 0.721. The molecule has 1 heterocycles. The SMILES string of the molecule is c1ccc(CCCSn2cnnn2)cc1. The molecular formula is C10H12N4S. The molecular weight excluding hydrogens is 208 g/mol. The van der Waals surface area contributed by atoms with Crippen molar-refractivity contribution >= 4 is 11.9 Å². The Morgan fingerprint density at radius 3 is 2.80 bits per heavy atom. The molecule has 0 unspecified atom stereocenters. The molecule has 0 aliphatic carbocycles. The maximum atomic E-state index is 3.78. The minimum atomic E-state index is 1.03. The normalized spacial score (nSPS) is 10.4. The van der Waals surface area contributed by atoms with Gasteiger partial charge in [-0.15, -0.1) is 5.10 Å². The molecule has 0 bridgehead atoms. The zero-order chi connectivity index (χ0) is 10.3. The molecule has 5 heteroatoms. The number of aromatic nitrogens is 4. The third kappa shape index (κ3) is 3.36. The van der Waals surface area contributed by atoms with Crippen molar-refractivity contribution in [1.82, 2.24) is 19.6 Å². The van der Waals surface area contributed by atoms with Gasteiger partial charge in [0.1, 0.15) is 0 Å². The maximum absolute atomic E-state index is 3.78. The summed E-state index contributed by atoms with van der Waals surface area (Å²) in [4.78, 5) is 0. The number of nitrogens with zero attached hydrogens (tertiary/aromatic N) is 4. The molecule has 0 amide bonds. The minimum Gasteiger partial charge on any atom is -0.174 e. The van der Waals surface area contributed by atoms with E-state index >= 15 is 0 Å². The van der Waals surface area contributed by atoms with Crippen LogP contribution in [0.3, 0.4) is 0 Å². The van der Waals surface area contributed by atoms with E-state index in [1.165, 1.54) is 5.56 Å². The van der Waals surface area contributed by atoms with Gasteiger partial charge < -0.3 is 0 Å². The second-order valence-corrected chi connectivity index (χ2v) is 4.18. The van der Waals surface area contributed by atoms with Crippen molar-refractivity contribution in [3.8, 4) is 0 Å². The van der Waals surface area contributed by atoms with Crippen molar-refractivity contribution in [2.45, 2.75) is 12.8 Å². The lowest BCUT2D eigenvalue weighted by molar-refractivity contribution is 0.847. The molecule has 0 spiro atoms. The van der Waals surface area contributed by atoms with Crippen LogP contribution < -0.4 is 0 Å². The van der Waals surface area contributed by atoms with E-state index in [9.17, 15) is 0 Å². The van der Waals surface area contributed by atoms with Crippen LogP contribution in [0.5, 0.6) is 0 Å². The summed E-state index contributed by atoms with van der Waals surface area (Å²) < 4.78 is 1.69. The van der Waals surface area contributed by atoms with Gasteiger partial charge in [0.05, 0.1) is 0 Å². The fourth-order valence-corrected chi connectivity index (χ4v) is 1.94. The lowest BCUT2D eigenvalue weighted by Crippen LogP contribution is -1.93. The first-order valence-electron chi connectivity index (χ1n) is 4.85. The first-order valence-corrected chi connectivity index (χ1v) is 5.79. The first-order chi connectivity index (χ1) is 7.45. The Balaban J connectivity index is 1.68. The average Bonchev–Trinajstić information content (AvgIpc) is 2.79. The van der Waals surface area contributed by atoms with Crippen LogP contribution in [-0.4, -0.2) is 25.4 Å². The minimum absolute atomic E-state index is 1.03. The lowest BCUT2D eigenvalue weighted by atomic mass is 10.1. The van der Waals surface area contributed by atoms with Gasteiger partial charge >= 0.3 is 0 Å². The molecule has 1 aromatic heterocycles. The van der Waals surface area contributed by atoms with Gasteiger partial charge in [0, 0.05) is 5.75 Å². The van der Waals surface area contributed by atoms with Crippen LogP contribution in [-0.2, 0) is 6.42 Å². The highest BCUT2D eigenvalue weighted by atomic mass is 32.2. The fourth-order valence-electron chi connectivity index (χ4n) is 1.29. The van der Waals surface area contributed by atoms with Gasteiger partial charge in [0.2, 0.25) is 0 Å². The monoisotopic (exact) mass is 220 g/mol. The van der Waals surface area contributed by atoms with Crippen LogP contribution in [0.25, 0.3) is 0 Å². The highest BCUT2D eigenvalue weighted by Gasteiger charge is 1.95. The second-order valence-electron chi connectivity index (χ2n) is 3.13. The Kier molecular flexibility index (Phi) is 3.73. The van der Waals surface area contributed by atoms with Crippen LogP contribution in [0.1, 0.15) is 12.0 Å². The number of rotatable bonds is 5. The van der Waals surface area contributed by atoms with E-state index in [0.717, 1.165) is 18.6 Å². The van der Waals surface area contributed by atoms with Crippen molar-refractivity contribution in [3.05, 3.63) is 42.2 Å². The molecule has 0 aliphatic heterocycles. The molecule has 0 fully saturated rings. The molecule has 4 nitrogen and oxygen atoms in total. The summed E-state index contributed by atoms with van der Waals surface area (Å²) in [7, 11) is 0. The van der Waals surface area contributed by atoms with Crippen molar-refractivity contribution in [1.29, 1.82) is 0 Å². The summed E-state index contributed by atoms with van der Waals surface area (Å²) in [6, 6.07) is 10.5. The van der Waals surface area contributed by atoms with Gasteiger partial charge in [-0.05, 0) is 40.8 Å². The number of tetrazole rings is 1. The summed E-state index contributed by atoms with van der Waals surface area (Å²) in [6.07, 6.45) is 3.86. The highest BCUT2D eigenvalue weighted by Crippen LogP contribution is 2.08. The zero-order valence-electron chi connectivity index (χ0n) is 8.28. The van der Waals surface area contributed by atoms with E-state index in [-0.39, 0.29) is 0 Å². The Bertz CT molecular complexity index is 374. The predicted octanol–water partition coefficient (Wildman–Crippen LogP) is 1.80. The van der Waals surface area contributed by atoms with Gasteiger partial charge in [-0.3, -0.25) is 0 Å². The van der Waals surface area contributed by atoms with Crippen molar-refractivity contribution < 1.29 is 0 Å². The molecule has 15 heavy (non-hydrogen) atoms. The topological polar surface area (TPSA) is 43.6 Å². The summed E-state index contributed by atoms with van der Waals surface area (Å²) in [5.41, 5.74) is 1.38. The molecule has 0 aliphatic rings. The van der Waals surface area contributed by atoms with E-state index in [1.54, 1.807) is 22.4 Å². The Morgan fingerprint density at radius 1 is 1.20 bits per heavy atom. The molecule has 2 aromatic rings. The van der Waals surface area contributed by atoms with Gasteiger partial charge in [0.15, 0.2) is 6.33 Å². The molecule has 0 saturated heterocycles. The number of hydrogen-bond acceptors (Lipinski definition) is 4. The van der Waals surface area contributed by atoms with Crippen molar-refractivity contribution in [2.75, 3.05) is 5.75 Å². The third-order valence-electron chi connectivity index (χ3n) is 2.01. The lowest BCUT2D eigenvalue weighted by Gasteiger charge is -2.00. The van der Waals surface area contributed by atoms with Crippen LogP contribution in [0.2, 0.25) is 0 Å². The standard InChI is InChI=1S/C10H12N4S/c1-2-5-10(6-3-1)7-4-8-15-14-9-11-12-13-14/h1-3,5-6,9H,4,7-8H2. The molecule has 78 valence electrons. The zero-order valence-corrected chi connectivity index (χ0v) is 9.10. The average molecular weight is 220 g/mol. The molecule has 2 rings (SSSR count). The van der Waals surface area contributed by atoms with Crippen molar-refractivity contribution in [2.24, 2.45) is 0 Å². The third-order valence-corrected chi connectivity index (χ3v) is 2.91. The van der Waals surface area contributed by atoms with Crippen LogP contribution in [0.15, 0.2) is 36.7 Å². The number of hydrogen-bond donors (Lipinski definition) is 0. The van der Waals surface area contributed by atoms with Crippen LogP contribution in [0.4, 0.5) is 0 Å². The number of aryl methyl sites for hydroxylation is 1. The van der Waals surface area contributed by atoms with Crippen molar-refractivity contribution in [3.63, 3.8) is 0 Å². The highest BCUT2D eigenvalue weighted by molar-refractivity contribution is 7.97. The molecule has 0 radical (unpaired) electrons.